The van der Waals surface area contributed by atoms with E-state index in [2.05, 4.69) is 5.10 Å². The minimum absolute atomic E-state index is 0.0441. The number of carboxylic acids is 1. The predicted octanol–water partition coefficient (Wildman–Crippen LogP) is 0.896. The van der Waals surface area contributed by atoms with Crippen LogP contribution < -0.4 is 0 Å². The van der Waals surface area contributed by atoms with Crippen molar-refractivity contribution >= 4 is 5.97 Å². The molecule has 1 N–H and O–H groups in total. The molecular weight excluding hydrogens is 163 g/mol. The van der Waals surface area contributed by atoms with E-state index in [4.69, 9.17) is 5.11 Å². The van der Waals surface area contributed by atoms with Crippen LogP contribution in [0.3, 0.4) is 0 Å². The van der Waals surface area contributed by atoms with Crippen LogP contribution in [0.15, 0.2) is 0 Å². The van der Waals surface area contributed by atoms with Crippen molar-refractivity contribution in [2.24, 2.45) is 7.05 Å². The van der Waals surface area contributed by atoms with Gasteiger partial charge in [0.1, 0.15) is 12.4 Å². The van der Waals surface area contributed by atoms with E-state index < -0.39 is 12.6 Å². The van der Waals surface area contributed by atoms with E-state index in [1.165, 1.54) is 11.7 Å². The minimum Gasteiger partial charge on any atom is -0.477 e. The number of carbonyl (C=O) groups is 1. The molecule has 0 atom stereocenters. The van der Waals surface area contributed by atoms with E-state index in [1.54, 1.807) is 6.92 Å². The predicted molar refractivity (Wildman–Crippen MR) is 39.7 cm³/mol. The van der Waals surface area contributed by atoms with Crippen molar-refractivity contribution in [3.05, 3.63) is 17.0 Å². The summed E-state index contributed by atoms with van der Waals surface area (Å²) in [6.07, 6.45) is 0. The van der Waals surface area contributed by atoms with Gasteiger partial charge < -0.3 is 5.11 Å². The Labute approximate surface area is 68.6 Å². The summed E-state index contributed by atoms with van der Waals surface area (Å²) in [5, 5.41) is 12.4. The average molecular weight is 172 g/mol. The van der Waals surface area contributed by atoms with Gasteiger partial charge in [-0.15, -0.1) is 0 Å². The monoisotopic (exact) mass is 172 g/mol. The van der Waals surface area contributed by atoms with E-state index in [1.807, 2.05) is 0 Å². The highest BCUT2D eigenvalue weighted by Gasteiger charge is 2.17. The lowest BCUT2D eigenvalue weighted by Crippen LogP contribution is -2.06. The first-order valence-electron chi connectivity index (χ1n) is 3.39. The Bertz CT molecular complexity index is 319. The van der Waals surface area contributed by atoms with Crippen LogP contribution in [0, 0.1) is 6.92 Å². The molecule has 0 aliphatic rings. The van der Waals surface area contributed by atoms with Gasteiger partial charge in [0.15, 0.2) is 0 Å². The highest BCUT2D eigenvalue weighted by Crippen LogP contribution is 2.12. The molecule has 1 aromatic rings. The van der Waals surface area contributed by atoms with Crippen molar-refractivity contribution in [2.45, 2.75) is 13.6 Å². The number of hydrogen-bond acceptors (Lipinski definition) is 2. The molecule has 0 aromatic carbocycles. The first-order chi connectivity index (χ1) is 5.57. The Hall–Kier alpha value is -1.39. The average Bonchev–Trinajstić information content (AvgIpc) is 2.25. The standard InChI is InChI=1S/C7H9FN2O2/c1-4-5(3-8)9-10(2)6(4)7(11)12/h3H2,1-2H3,(H,11,12). The Morgan fingerprint density at radius 3 is 2.58 bits per heavy atom. The maximum absolute atomic E-state index is 12.2. The van der Waals surface area contributed by atoms with Crippen LogP contribution in [0.25, 0.3) is 0 Å². The van der Waals surface area contributed by atoms with Crippen molar-refractivity contribution < 1.29 is 14.3 Å². The lowest BCUT2D eigenvalue weighted by Gasteiger charge is -1.94. The fourth-order valence-electron chi connectivity index (χ4n) is 1.11. The van der Waals surface area contributed by atoms with Crippen molar-refractivity contribution in [1.82, 2.24) is 9.78 Å². The lowest BCUT2D eigenvalue weighted by molar-refractivity contribution is 0.0684. The van der Waals surface area contributed by atoms with Gasteiger partial charge in [0, 0.05) is 12.6 Å². The van der Waals surface area contributed by atoms with Gasteiger partial charge in [-0.05, 0) is 6.92 Å². The maximum Gasteiger partial charge on any atom is 0.354 e. The van der Waals surface area contributed by atoms with Gasteiger partial charge in [-0.2, -0.15) is 5.10 Å². The van der Waals surface area contributed by atoms with Crippen LogP contribution in [-0.4, -0.2) is 20.9 Å². The Morgan fingerprint density at radius 1 is 1.75 bits per heavy atom. The van der Waals surface area contributed by atoms with Crippen LogP contribution in [0.1, 0.15) is 21.7 Å². The SMILES string of the molecule is Cc1c(CF)nn(C)c1C(=O)O. The molecule has 0 saturated carbocycles. The van der Waals surface area contributed by atoms with Crippen molar-refractivity contribution in [3.8, 4) is 0 Å². The summed E-state index contributed by atoms with van der Waals surface area (Å²) in [6, 6.07) is 0. The number of aromatic nitrogens is 2. The second kappa shape index (κ2) is 2.92. The molecule has 12 heavy (non-hydrogen) atoms. The van der Waals surface area contributed by atoms with Crippen molar-refractivity contribution in [1.29, 1.82) is 0 Å². The van der Waals surface area contributed by atoms with Crippen LogP contribution >= 0.6 is 0 Å². The van der Waals surface area contributed by atoms with E-state index in [0.717, 1.165) is 0 Å². The number of alkyl halides is 1. The molecule has 0 radical (unpaired) electrons. The van der Waals surface area contributed by atoms with E-state index in [9.17, 15) is 9.18 Å². The molecule has 5 heteroatoms. The molecule has 0 aliphatic carbocycles. The summed E-state index contributed by atoms with van der Waals surface area (Å²) < 4.78 is 13.3. The summed E-state index contributed by atoms with van der Waals surface area (Å²) >= 11 is 0. The third-order valence-corrected chi connectivity index (χ3v) is 1.71. The normalized spacial score (nSPS) is 10.2. The first kappa shape index (κ1) is 8.70. The quantitative estimate of drug-likeness (QED) is 0.720. The van der Waals surface area contributed by atoms with E-state index in [0.29, 0.717) is 5.56 Å². The largest absolute Gasteiger partial charge is 0.477 e. The van der Waals surface area contributed by atoms with Gasteiger partial charge in [-0.1, -0.05) is 0 Å². The van der Waals surface area contributed by atoms with Crippen LogP contribution in [-0.2, 0) is 13.7 Å². The summed E-state index contributed by atoms with van der Waals surface area (Å²) in [5.74, 6) is -1.08. The van der Waals surface area contributed by atoms with Gasteiger partial charge in [0.2, 0.25) is 0 Å². The zero-order valence-electron chi connectivity index (χ0n) is 6.83. The van der Waals surface area contributed by atoms with Gasteiger partial charge in [-0.25, -0.2) is 9.18 Å². The second-order valence-corrected chi connectivity index (χ2v) is 2.48. The second-order valence-electron chi connectivity index (χ2n) is 2.48. The van der Waals surface area contributed by atoms with Crippen LogP contribution in [0.4, 0.5) is 4.39 Å². The van der Waals surface area contributed by atoms with Crippen molar-refractivity contribution in [2.75, 3.05) is 0 Å². The molecule has 0 amide bonds. The molecule has 0 aliphatic heterocycles. The third kappa shape index (κ3) is 1.17. The number of halogens is 1. The first-order valence-corrected chi connectivity index (χ1v) is 3.39. The summed E-state index contributed by atoms with van der Waals surface area (Å²) in [5.41, 5.74) is 0.630. The number of aryl methyl sites for hydroxylation is 1. The zero-order chi connectivity index (χ0) is 9.30. The fourth-order valence-corrected chi connectivity index (χ4v) is 1.11. The van der Waals surface area contributed by atoms with Gasteiger partial charge in [0.25, 0.3) is 0 Å². The van der Waals surface area contributed by atoms with Crippen LogP contribution in [0.2, 0.25) is 0 Å². The lowest BCUT2D eigenvalue weighted by atomic mass is 10.2. The Kier molecular flexibility index (Phi) is 2.12. The summed E-state index contributed by atoms with van der Waals surface area (Å²) in [4.78, 5) is 10.6. The van der Waals surface area contributed by atoms with Crippen LogP contribution in [0.5, 0.6) is 0 Å². The molecule has 0 saturated heterocycles. The summed E-state index contributed by atoms with van der Waals surface area (Å²) in [6.45, 7) is 0.818. The molecule has 66 valence electrons. The Morgan fingerprint density at radius 2 is 2.33 bits per heavy atom. The maximum atomic E-state index is 12.2. The number of nitrogens with zero attached hydrogens (tertiary/aromatic N) is 2. The highest BCUT2D eigenvalue weighted by atomic mass is 19.1. The van der Waals surface area contributed by atoms with E-state index >= 15 is 0 Å². The van der Waals surface area contributed by atoms with Gasteiger partial charge >= 0.3 is 5.97 Å². The fraction of sp³-hybridized carbons (Fsp3) is 0.429. The third-order valence-electron chi connectivity index (χ3n) is 1.71. The zero-order valence-corrected chi connectivity index (χ0v) is 6.83. The van der Waals surface area contributed by atoms with E-state index in [-0.39, 0.29) is 11.4 Å². The molecule has 0 unspecified atom stereocenters. The molecule has 0 bridgehead atoms. The molecule has 0 fully saturated rings. The number of aromatic carboxylic acids is 1. The molecule has 1 heterocycles. The molecule has 1 rings (SSSR count). The smallest absolute Gasteiger partial charge is 0.354 e. The number of hydrogen-bond donors (Lipinski definition) is 1. The van der Waals surface area contributed by atoms with Gasteiger partial charge in [0.05, 0.1) is 5.69 Å². The van der Waals surface area contributed by atoms with Gasteiger partial charge in [-0.3, -0.25) is 4.68 Å². The highest BCUT2D eigenvalue weighted by molar-refractivity contribution is 5.87. The topological polar surface area (TPSA) is 55.1 Å². The molecule has 4 nitrogen and oxygen atoms in total. The molecule has 1 aromatic heterocycles. The Balaban J connectivity index is 3.28. The number of carboxylic acid groups (broad SMARTS) is 1. The van der Waals surface area contributed by atoms with Crippen molar-refractivity contribution in [3.63, 3.8) is 0 Å². The number of rotatable bonds is 2. The molecular formula is C7H9FN2O2. The molecule has 0 spiro atoms. The summed E-state index contributed by atoms with van der Waals surface area (Å²) in [7, 11) is 1.48. The minimum atomic E-state index is -1.08.